The molecule has 3 N–H and O–H groups in total. The quantitative estimate of drug-likeness (QED) is 0.669. The molecule has 0 atom stereocenters. The predicted molar refractivity (Wildman–Crippen MR) is 51.4 cm³/mol. The molecule has 2 rings (SSSR count). The maximum absolute atomic E-state index is 5.84. The molecule has 1 aliphatic heterocycles. The van der Waals surface area contributed by atoms with Gasteiger partial charge in [0.05, 0.1) is 5.54 Å². The third kappa shape index (κ3) is 1.47. The van der Waals surface area contributed by atoms with Crippen LogP contribution < -0.4 is 11.1 Å². The van der Waals surface area contributed by atoms with Crippen molar-refractivity contribution in [3.05, 3.63) is 18.5 Å². The molecule has 2 heterocycles. The number of nitrogens with zero attached hydrogens (tertiary/aromatic N) is 2. The zero-order chi connectivity index (χ0) is 9.15. The first-order valence-electron chi connectivity index (χ1n) is 4.78. The van der Waals surface area contributed by atoms with Crippen LogP contribution in [-0.4, -0.2) is 29.4 Å². The van der Waals surface area contributed by atoms with Gasteiger partial charge in [-0.05, 0) is 32.0 Å². The summed E-state index contributed by atoms with van der Waals surface area (Å²) in [5.41, 5.74) is 5.91. The lowest BCUT2D eigenvalue weighted by Gasteiger charge is -2.36. The van der Waals surface area contributed by atoms with Crippen LogP contribution in [0, 0.1) is 0 Å². The van der Waals surface area contributed by atoms with Crippen molar-refractivity contribution >= 4 is 0 Å². The minimum Gasteiger partial charge on any atom is -0.328 e. The van der Waals surface area contributed by atoms with Gasteiger partial charge in [-0.15, -0.1) is 0 Å². The zero-order valence-electron chi connectivity index (χ0n) is 7.74. The van der Waals surface area contributed by atoms with E-state index >= 15 is 0 Å². The van der Waals surface area contributed by atoms with Crippen LogP contribution in [0.3, 0.4) is 0 Å². The number of nitrogens with two attached hydrogens (primary N) is 1. The van der Waals surface area contributed by atoms with Crippen molar-refractivity contribution in [3.8, 4) is 0 Å². The first-order valence-corrected chi connectivity index (χ1v) is 4.78. The highest BCUT2D eigenvalue weighted by molar-refractivity contribution is 4.94. The van der Waals surface area contributed by atoms with Crippen molar-refractivity contribution in [1.29, 1.82) is 0 Å². The largest absolute Gasteiger partial charge is 0.328 e. The SMILES string of the molecule is NCC1(n2cccn2)CCNCC1. The third-order valence-electron chi connectivity index (χ3n) is 2.90. The molecule has 0 aromatic carbocycles. The summed E-state index contributed by atoms with van der Waals surface area (Å²) in [5.74, 6) is 0. The molecule has 0 aliphatic carbocycles. The Labute approximate surface area is 78.1 Å². The molecule has 1 aromatic heterocycles. The normalized spacial score (nSPS) is 21.6. The van der Waals surface area contributed by atoms with Gasteiger partial charge in [0.25, 0.3) is 0 Å². The Kier molecular flexibility index (Phi) is 2.33. The van der Waals surface area contributed by atoms with Crippen molar-refractivity contribution in [2.24, 2.45) is 5.73 Å². The van der Waals surface area contributed by atoms with E-state index in [1.165, 1.54) is 0 Å². The molecule has 0 spiro atoms. The van der Waals surface area contributed by atoms with E-state index in [0.717, 1.165) is 25.9 Å². The van der Waals surface area contributed by atoms with Crippen molar-refractivity contribution < 1.29 is 0 Å². The third-order valence-corrected chi connectivity index (χ3v) is 2.90. The maximum atomic E-state index is 5.84. The van der Waals surface area contributed by atoms with Crippen LogP contribution >= 0.6 is 0 Å². The standard InChI is InChI=1S/C9H16N4/c10-8-9(2-5-11-6-3-9)13-7-1-4-12-13/h1,4,7,11H,2-3,5-6,8,10H2. The van der Waals surface area contributed by atoms with Gasteiger partial charge in [0.2, 0.25) is 0 Å². The average molecular weight is 180 g/mol. The Morgan fingerprint density at radius 1 is 1.46 bits per heavy atom. The van der Waals surface area contributed by atoms with E-state index in [1.807, 2.05) is 23.1 Å². The second-order valence-electron chi connectivity index (χ2n) is 3.63. The van der Waals surface area contributed by atoms with E-state index in [4.69, 9.17) is 5.73 Å². The Morgan fingerprint density at radius 3 is 2.77 bits per heavy atom. The number of hydrogen-bond donors (Lipinski definition) is 2. The van der Waals surface area contributed by atoms with Crippen LogP contribution in [0.4, 0.5) is 0 Å². The van der Waals surface area contributed by atoms with Gasteiger partial charge in [-0.3, -0.25) is 4.68 Å². The molecule has 1 aliphatic rings. The van der Waals surface area contributed by atoms with Crippen LogP contribution in [0.5, 0.6) is 0 Å². The number of aromatic nitrogens is 2. The van der Waals surface area contributed by atoms with Crippen molar-refractivity contribution in [2.75, 3.05) is 19.6 Å². The highest BCUT2D eigenvalue weighted by Crippen LogP contribution is 2.24. The van der Waals surface area contributed by atoms with E-state index in [-0.39, 0.29) is 5.54 Å². The topological polar surface area (TPSA) is 55.9 Å². The fourth-order valence-corrected chi connectivity index (χ4v) is 1.97. The number of nitrogens with one attached hydrogen (secondary N) is 1. The smallest absolute Gasteiger partial charge is 0.0773 e. The lowest BCUT2D eigenvalue weighted by molar-refractivity contribution is 0.193. The molecule has 1 saturated heterocycles. The summed E-state index contributed by atoms with van der Waals surface area (Å²) in [6.07, 6.45) is 5.98. The molecule has 1 fully saturated rings. The summed E-state index contributed by atoms with van der Waals surface area (Å²) < 4.78 is 2.02. The molecule has 13 heavy (non-hydrogen) atoms. The maximum Gasteiger partial charge on any atom is 0.0773 e. The molecule has 72 valence electrons. The first kappa shape index (κ1) is 8.72. The zero-order valence-corrected chi connectivity index (χ0v) is 7.74. The number of piperidine rings is 1. The average Bonchev–Trinajstić information content (AvgIpc) is 2.72. The Bertz CT molecular complexity index is 249. The van der Waals surface area contributed by atoms with E-state index in [2.05, 4.69) is 10.4 Å². The van der Waals surface area contributed by atoms with E-state index in [9.17, 15) is 0 Å². The first-order chi connectivity index (χ1) is 6.37. The van der Waals surface area contributed by atoms with Crippen molar-refractivity contribution in [1.82, 2.24) is 15.1 Å². The summed E-state index contributed by atoms with van der Waals surface area (Å²) in [6.45, 7) is 2.75. The van der Waals surface area contributed by atoms with Crippen LogP contribution in [0.25, 0.3) is 0 Å². The van der Waals surface area contributed by atoms with Gasteiger partial charge in [-0.2, -0.15) is 5.10 Å². The van der Waals surface area contributed by atoms with Crippen LogP contribution in [0.2, 0.25) is 0 Å². The summed E-state index contributed by atoms with van der Waals surface area (Å²) in [6, 6.07) is 1.96. The van der Waals surface area contributed by atoms with Gasteiger partial charge in [-0.25, -0.2) is 0 Å². The predicted octanol–water partition coefficient (Wildman–Crippen LogP) is -0.0795. The lowest BCUT2D eigenvalue weighted by atomic mass is 9.89. The molecule has 4 nitrogen and oxygen atoms in total. The molecule has 0 saturated carbocycles. The number of rotatable bonds is 2. The Hall–Kier alpha value is -0.870. The van der Waals surface area contributed by atoms with Gasteiger partial charge in [-0.1, -0.05) is 0 Å². The van der Waals surface area contributed by atoms with Gasteiger partial charge in [0.1, 0.15) is 0 Å². The van der Waals surface area contributed by atoms with Crippen molar-refractivity contribution in [2.45, 2.75) is 18.4 Å². The summed E-state index contributed by atoms with van der Waals surface area (Å²) in [7, 11) is 0. The molecule has 0 amide bonds. The minimum absolute atomic E-state index is 0.0642. The molecule has 0 radical (unpaired) electrons. The second-order valence-corrected chi connectivity index (χ2v) is 3.63. The molecular weight excluding hydrogens is 164 g/mol. The summed E-state index contributed by atoms with van der Waals surface area (Å²) in [5, 5.41) is 7.63. The minimum atomic E-state index is 0.0642. The van der Waals surface area contributed by atoms with Crippen molar-refractivity contribution in [3.63, 3.8) is 0 Å². The van der Waals surface area contributed by atoms with Crippen LogP contribution in [0.1, 0.15) is 12.8 Å². The molecule has 0 bridgehead atoms. The van der Waals surface area contributed by atoms with Crippen LogP contribution in [0.15, 0.2) is 18.5 Å². The highest BCUT2D eigenvalue weighted by Gasteiger charge is 2.32. The highest BCUT2D eigenvalue weighted by atomic mass is 15.3. The molecule has 1 aromatic rings. The summed E-state index contributed by atoms with van der Waals surface area (Å²) >= 11 is 0. The monoisotopic (exact) mass is 180 g/mol. The lowest BCUT2D eigenvalue weighted by Crippen LogP contribution is -2.49. The van der Waals surface area contributed by atoms with E-state index < -0.39 is 0 Å². The molecule has 0 unspecified atom stereocenters. The van der Waals surface area contributed by atoms with Gasteiger partial charge in [0, 0.05) is 18.9 Å². The molecule has 4 heteroatoms. The van der Waals surface area contributed by atoms with E-state index in [0.29, 0.717) is 6.54 Å². The Balaban J connectivity index is 2.23. The fraction of sp³-hybridized carbons (Fsp3) is 0.667. The van der Waals surface area contributed by atoms with E-state index in [1.54, 1.807) is 0 Å². The Morgan fingerprint density at radius 2 is 2.23 bits per heavy atom. The van der Waals surface area contributed by atoms with Crippen LogP contribution in [-0.2, 0) is 5.54 Å². The summed E-state index contributed by atoms with van der Waals surface area (Å²) in [4.78, 5) is 0. The van der Waals surface area contributed by atoms with Gasteiger partial charge < -0.3 is 11.1 Å². The van der Waals surface area contributed by atoms with Gasteiger partial charge >= 0.3 is 0 Å². The van der Waals surface area contributed by atoms with Gasteiger partial charge in [0.15, 0.2) is 0 Å². The number of hydrogen-bond acceptors (Lipinski definition) is 3. The second kappa shape index (κ2) is 3.47. The molecular formula is C9H16N4. The fourth-order valence-electron chi connectivity index (χ4n) is 1.97.